The molecule has 4 unspecified atom stereocenters. The second-order valence-corrected chi connectivity index (χ2v) is 4.88. The molecule has 1 aliphatic heterocycles. The third-order valence-corrected chi connectivity index (χ3v) is 3.77. The highest BCUT2D eigenvalue weighted by Crippen LogP contribution is 2.39. The molecule has 1 heterocycles. The molecule has 0 aromatic carbocycles. The second-order valence-electron chi connectivity index (χ2n) is 4.88. The van der Waals surface area contributed by atoms with E-state index in [0.717, 1.165) is 0 Å². The molecule has 6 heteroatoms. The molecule has 1 fully saturated rings. The minimum absolute atomic E-state index is 0.186. The average Bonchev–Trinajstić information content (AvgIpc) is 2.70. The van der Waals surface area contributed by atoms with Crippen LogP contribution in [0.15, 0.2) is 11.8 Å². The van der Waals surface area contributed by atoms with Gasteiger partial charge in [0.1, 0.15) is 6.17 Å². The molecule has 4 atom stereocenters. The van der Waals surface area contributed by atoms with Crippen molar-refractivity contribution in [3.05, 3.63) is 11.8 Å². The molecule has 0 spiro atoms. The van der Waals surface area contributed by atoms with Crippen LogP contribution in [0.2, 0.25) is 0 Å². The maximum absolute atomic E-state index is 13.7. The molecule has 18 heavy (non-hydrogen) atoms. The molecule has 1 saturated carbocycles. The Morgan fingerprint density at radius 3 is 2.78 bits per heavy atom. The van der Waals surface area contributed by atoms with Crippen LogP contribution in [0.4, 0.5) is 4.39 Å². The number of alkyl halides is 1. The highest BCUT2D eigenvalue weighted by atomic mass is 19.1. The number of carbonyl (C=O) groups is 2. The predicted molar refractivity (Wildman–Crippen MR) is 60.6 cm³/mol. The highest BCUT2D eigenvalue weighted by Gasteiger charge is 2.42. The van der Waals surface area contributed by atoms with Crippen molar-refractivity contribution in [3.63, 3.8) is 0 Å². The van der Waals surface area contributed by atoms with Crippen LogP contribution < -0.4 is 5.32 Å². The van der Waals surface area contributed by atoms with E-state index in [-0.39, 0.29) is 12.0 Å². The van der Waals surface area contributed by atoms with Gasteiger partial charge < -0.3 is 15.5 Å². The Bertz CT molecular complexity index is 396. The van der Waals surface area contributed by atoms with Crippen LogP contribution in [0.3, 0.4) is 0 Å². The van der Waals surface area contributed by atoms with Gasteiger partial charge in [-0.15, -0.1) is 0 Å². The number of hydrogen-bond acceptors (Lipinski definition) is 3. The first-order valence-corrected chi connectivity index (χ1v) is 6.05. The second kappa shape index (κ2) is 4.96. The van der Waals surface area contributed by atoms with Gasteiger partial charge in [-0.2, -0.15) is 0 Å². The molecule has 100 valence electrons. The summed E-state index contributed by atoms with van der Waals surface area (Å²) in [5.41, 5.74) is 0.525. The summed E-state index contributed by atoms with van der Waals surface area (Å²) in [4.78, 5) is 21.9. The molecule has 0 saturated heterocycles. The van der Waals surface area contributed by atoms with Gasteiger partial charge in [0.2, 0.25) is 0 Å². The molecule has 0 radical (unpaired) electrons. The number of rotatable bonds is 4. The summed E-state index contributed by atoms with van der Waals surface area (Å²) in [6, 6.07) is -0.385. The normalized spacial score (nSPS) is 32.1. The maximum Gasteiger partial charge on any atom is 0.311 e. The van der Waals surface area contributed by atoms with Gasteiger partial charge in [-0.05, 0) is 31.0 Å². The highest BCUT2D eigenvalue weighted by molar-refractivity contribution is 5.80. The first-order valence-electron chi connectivity index (χ1n) is 6.05. The van der Waals surface area contributed by atoms with E-state index in [9.17, 15) is 14.0 Å². The summed E-state index contributed by atoms with van der Waals surface area (Å²) < 4.78 is 13.7. The summed E-state index contributed by atoms with van der Waals surface area (Å²) >= 11 is 0. The Balaban J connectivity index is 2.16. The number of halogens is 1. The van der Waals surface area contributed by atoms with E-state index in [1.807, 2.05) is 0 Å². The molecule has 0 aromatic heterocycles. The van der Waals surface area contributed by atoms with Crippen molar-refractivity contribution >= 4 is 11.9 Å². The van der Waals surface area contributed by atoms with E-state index in [1.54, 1.807) is 0 Å². The third kappa shape index (κ3) is 2.32. The van der Waals surface area contributed by atoms with Crippen LogP contribution in [-0.2, 0) is 9.59 Å². The number of fused-ring (bicyclic) bond motifs is 1. The van der Waals surface area contributed by atoms with Gasteiger partial charge in [-0.1, -0.05) is 0 Å². The van der Waals surface area contributed by atoms with Gasteiger partial charge in [-0.3, -0.25) is 9.59 Å². The number of aliphatic carboxylic acids is 2. The molecular weight excluding hydrogens is 241 g/mol. The van der Waals surface area contributed by atoms with E-state index >= 15 is 0 Å². The summed E-state index contributed by atoms with van der Waals surface area (Å²) in [5, 5.41) is 20.7. The lowest BCUT2D eigenvalue weighted by Crippen LogP contribution is -2.41. The summed E-state index contributed by atoms with van der Waals surface area (Å²) in [7, 11) is 0. The molecule has 1 aliphatic carbocycles. The Kier molecular flexibility index (Phi) is 3.54. The lowest BCUT2D eigenvalue weighted by molar-refractivity contribution is -0.147. The molecule has 0 amide bonds. The number of carboxylic acids is 2. The lowest BCUT2D eigenvalue weighted by Gasteiger charge is -2.31. The van der Waals surface area contributed by atoms with Crippen molar-refractivity contribution in [1.29, 1.82) is 0 Å². The molecule has 0 aromatic rings. The molecule has 2 aliphatic rings. The van der Waals surface area contributed by atoms with Crippen molar-refractivity contribution in [3.8, 4) is 0 Å². The van der Waals surface area contributed by atoms with Crippen molar-refractivity contribution < 1.29 is 24.2 Å². The average molecular weight is 257 g/mol. The minimum Gasteiger partial charge on any atom is -0.481 e. The van der Waals surface area contributed by atoms with Crippen LogP contribution in [0, 0.1) is 11.8 Å². The fraction of sp³-hybridized carbons (Fsp3) is 0.667. The fourth-order valence-corrected chi connectivity index (χ4v) is 2.92. The van der Waals surface area contributed by atoms with E-state index in [0.29, 0.717) is 24.8 Å². The van der Waals surface area contributed by atoms with Crippen LogP contribution in [0.1, 0.15) is 25.7 Å². The molecule has 5 nitrogen and oxygen atoms in total. The van der Waals surface area contributed by atoms with E-state index in [4.69, 9.17) is 10.2 Å². The Morgan fingerprint density at radius 2 is 2.17 bits per heavy atom. The van der Waals surface area contributed by atoms with Crippen LogP contribution in [0.25, 0.3) is 0 Å². The SMILES string of the molecule is O=C(O)CC(C(=O)O)C1=CNC2C(F)CCCC12. The molecule has 3 N–H and O–H groups in total. The lowest BCUT2D eigenvalue weighted by atomic mass is 9.76. The van der Waals surface area contributed by atoms with Crippen LogP contribution >= 0.6 is 0 Å². The Morgan fingerprint density at radius 1 is 1.44 bits per heavy atom. The smallest absolute Gasteiger partial charge is 0.311 e. The maximum atomic E-state index is 13.7. The monoisotopic (exact) mass is 257 g/mol. The minimum atomic E-state index is -1.16. The van der Waals surface area contributed by atoms with Gasteiger partial charge in [0, 0.05) is 5.92 Å². The van der Waals surface area contributed by atoms with E-state index < -0.39 is 30.4 Å². The zero-order valence-corrected chi connectivity index (χ0v) is 9.80. The fourth-order valence-electron chi connectivity index (χ4n) is 2.92. The standard InChI is InChI=1S/C12H16FNO4/c13-9-3-1-2-6-8(5-14-11(6)9)7(12(17)18)4-10(15)16/h5-7,9,11,14H,1-4H2,(H,15,16)(H,17,18). The molecule has 2 rings (SSSR count). The van der Waals surface area contributed by atoms with Crippen molar-refractivity contribution in [2.45, 2.75) is 37.9 Å². The Labute approximate surface area is 104 Å². The van der Waals surface area contributed by atoms with Gasteiger partial charge >= 0.3 is 11.9 Å². The number of hydrogen-bond donors (Lipinski definition) is 3. The van der Waals surface area contributed by atoms with Gasteiger partial charge in [0.15, 0.2) is 0 Å². The van der Waals surface area contributed by atoms with Gasteiger partial charge in [-0.25, -0.2) is 4.39 Å². The summed E-state index contributed by atoms with van der Waals surface area (Å²) in [6.45, 7) is 0. The van der Waals surface area contributed by atoms with E-state index in [2.05, 4.69) is 5.32 Å². The first-order chi connectivity index (χ1) is 8.50. The number of carboxylic acid groups (broad SMARTS) is 2. The van der Waals surface area contributed by atoms with Crippen LogP contribution in [0.5, 0.6) is 0 Å². The third-order valence-electron chi connectivity index (χ3n) is 3.77. The van der Waals surface area contributed by atoms with Gasteiger partial charge in [0.05, 0.1) is 18.4 Å². The summed E-state index contributed by atoms with van der Waals surface area (Å²) in [5.74, 6) is -3.56. The predicted octanol–water partition coefficient (Wildman–Crippen LogP) is 1.16. The van der Waals surface area contributed by atoms with Crippen molar-refractivity contribution in [2.75, 3.05) is 0 Å². The largest absolute Gasteiger partial charge is 0.481 e. The Hall–Kier alpha value is -1.59. The van der Waals surface area contributed by atoms with Crippen LogP contribution in [-0.4, -0.2) is 34.4 Å². The summed E-state index contributed by atoms with van der Waals surface area (Å²) in [6.07, 6.45) is 1.97. The zero-order chi connectivity index (χ0) is 13.3. The van der Waals surface area contributed by atoms with Crippen molar-refractivity contribution in [2.24, 2.45) is 11.8 Å². The topological polar surface area (TPSA) is 86.6 Å². The first kappa shape index (κ1) is 12.9. The van der Waals surface area contributed by atoms with Gasteiger partial charge in [0.25, 0.3) is 0 Å². The molecule has 0 bridgehead atoms. The molecular formula is C12H16FNO4. The zero-order valence-electron chi connectivity index (χ0n) is 9.80. The van der Waals surface area contributed by atoms with E-state index in [1.165, 1.54) is 6.20 Å². The van der Waals surface area contributed by atoms with Crippen molar-refractivity contribution in [1.82, 2.24) is 5.32 Å². The number of nitrogens with one attached hydrogen (secondary N) is 1. The quantitative estimate of drug-likeness (QED) is 0.703.